The lowest BCUT2D eigenvalue weighted by Gasteiger charge is -2.09. The van der Waals surface area contributed by atoms with E-state index in [4.69, 9.17) is 15.3 Å². The third kappa shape index (κ3) is 6.32. The molecule has 0 aliphatic heterocycles. The fraction of sp³-hybridized carbons (Fsp3) is 0.667. The van der Waals surface area contributed by atoms with Gasteiger partial charge in [-0.2, -0.15) is 0 Å². The Kier molecular flexibility index (Phi) is 7.80. The van der Waals surface area contributed by atoms with E-state index in [0.717, 1.165) is 32.0 Å². The smallest absolute Gasteiger partial charge is 0.158 e. The summed E-state index contributed by atoms with van der Waals surface area (Å²) in [6, 6.07) is 1.76. The van der Waals surface area contributed by atoms with E-state index in [0.29, 0.717) is 24.9 Å². The molecule has 19 heavy (non-hydrogen) atoms. The molecule has 1 aromatic rings. The molecule has 0 spiro atoms. The Morgan fingerprint density at radius 2 is 1.89 bits per heavy atom. The fourth-order valence-electron chi connectivity index (χ4n) is 1.45. The summed E-state index contributed by atoms with van der Waals surface area (Å²) in [5.41, 5.74) is 2.52. The molecule has 108 valence electrons. The summed E-state index contributed by atoms with van der Waals surface area (Å²) in [5, 5.41) is 3.21. The van der Waals surface area contributed by atoms with Crippen LogP contribution in [0.3, 0.4) is 0 Å². The second-order valence-electron chi connectivity index (χ2n) is 3.81. The lowest BCUT2D eigenvalue weighted by molar-refractivity contribution is 0.128. The Labute approximate surface area is 113 Å². The van der Waals surface area contributed by atoms with Gasteiger partial charge in [0.2, 0.25) is 0 Å². The Hall–Kier alpha value is -1.44. The number of nitrogens with one attached hydrogen (secondary N) is 2. The van der Waals surface area contributed by atoms with E-state index in [-0.39, 0.29) is 0 Å². The zero-order valence-electron chi connectivity index (χ0n) is 11.6. The van der Waals surface area contributed by atoms with Gasteiger partial charge in [-0.05, 0) is 20.3 Å². The molecule has 0 atom stereocenters. The molecule has 0 aromatic carbocycles. The largest absolute Gasteiger partial charge is 0.382 e. The highest BCUT2D eigenvalue weighted by molar-refractivity contribution is 5.46. The molecule has 0 aliphatic carbocycles. The van der Waals surface area contributed by atoms with E-state index in [1.54, 1.807) is 6.07 Å². The van der Waals surface area contributed by atoms with Crippen LogP contribution in [0, 0.1) is 0 Å². The Bertz CT molecular complexity index is 362. The van der Waals surface area contributed by atoms with Gasteiger partial charge in [-0.15, -0.1) is 0 Å². The van der Waals surface area contributed by atoms with Gasteiger partial charge >= 0.3 is 0 Å². The molecule has 0 bridgehead atoms. The summed E-state index contributed by atoms with van der Waals surface area (Å²) >= 11 is 0. The van der Waals surface area contributed by atoms with Crippen molar-refractivity contribution in [1.82, 2.24) is 9.97 Å². The van der Waals surface area contributed by atoms with Crippen LogP contribution in [0.15, 0.2) is 6.07 Å². The lowest BCUT2D eigenvalue weighted by atomic mass is 10.4. The van der Waals surface area contributed by atoms with Crippen LogP contribution in [-0.4, -0.2) is 36.3 Å². The van der Waals surface area contributed by atoms with Crippen LogP contribution in [0.25, 0.3) is 0 Å². The topological polar surface area (TPSA) is 94.3 Å². The second-order valence-corrected chi connectivity index (χ2v) is 3.81. The van der Waals surface area contributed by atoms with Gasteiger partial charge in [-0.1, -0.05) is 0 Å². The quantitative estimate of drug-likeness (QED) is 0.333. The number of hydrogen-bond donors (Lipinski definition) is 3. The maximum Gasteiger partial charge on any atom is 0.158 e. The van der Waals surface area contributed by atoms with E-state index < -0.39 is 0 Å². The van der Waals surface area contributed by atoms with Crippen molar-refractivity contribution < 1.29 is 9.47 Å². The summed E-state index contributed by atoms with van der Waals surface area (Å²) in [4.78, 5) is 8.56. The fourth-order valence-corrected chi connectivity index (χ4v) is 1.45. The highest BCUT2D eigenvalue weighted by Gasteiger charge is 2.03. The molecule has 0 fully saturated rings. The Balaban J connectivity index is 2.50. The summed E-state index contributed by atoms with van der Waals surface area (Å²) in [5.74, 6) is 7.28. The maximum atomic E-state index is 5.38. The Morgan fingerprint density at radius 1 is 1.16 bits per heavy atom. The van der Waals surface area contributed by atoms with Crippen molar-refractivity contribution in [3.05, 3.63) is 11.9 Å². The van der Waals surface area contributed by atoms with Gasteiger partial charge in [-0.3, -0.25) is 0 Å². The van der Waals surface area contributed by atoms with Crippen LogP contribution in [-0.2, 0) is 16.1 Å². The van der Waals surface area contributed by atoms with Crippen molar-refractivity contribution in [3.8, 4) is 0 Å². The first-order valence-corrected chi connectivity index (χ1v) is 6.54. The minimum absolute atomic E-state index is 0.375. The Morgan fingerprint density at radius 3 is 2.58 bits per heavy atom. The van der Waals surface area contributed by atoms with Gasteiger partial charge in [0, 0.05) is 32.4 Å². The average Bonchev–Trinajstić information content (AvgIpc) is 2.44. The van der Waals surface area contributed by atoms with Gasteiger partial charge < -0.3 is 20.2 Å². The highest BCUT2D eigenvalue weighted by Crippen LogP contribution is 2.11. The summed E-state index contributed by atoms with van der Waals surface area (Å²) < 4.78 is 10.6. The zero-order chi connectivity index (χ0) is 13.9. The molecule has 0 amide bonds. The number of nitrogen functional groups attached to an aromatic ring is 1. The van der Waals surface area contributed by atoms with E-state index in [1.165, 1.54) is 0 Å². The molecular formula is C12H23N5O2. The molecule has 1 aromatic heterocycles. The number of nitrogens with zero attached hydrogens (tertiary/aromatic N) is 2. The third-order valence-corrected chi connectivity index (χ3v) is 2.33. The molecule has 7 nitrogen and oxygen atoms in total. The van der Waals surface area contributed by atoms with Gasteiger partial charge in [0.25, 0.3) is 0 Å². The first kappa shape index (κ1) is 15.6. The molecule has 4 N–H and O–H groups in total. The molecule has 0 saturated carbocycles. The van der Waals surface area contributed by atoms with E-state index in [2.05, 4.69) is 20.7 Å². The maximum absolute atomic E-state index is 5.38. The van der Waals surface area contributed by atoms with Crippen LogP contribution in [0.2, 0.25) is 0 Å². The standard InChI is InChI=1S/C12H23N5O2/c1-3-18-7-5-6-14-10-8-11(17-13)16-12(15-10)9-19-4-2/h8H,3-7,9,13H2,1-2H3,(H2,14,15,16,17). The predicted octanol–water partition coefficient (Wildman–Crippen LogP) is 1.14. The first-order valence-electron chi connectivity index (χ1n) is 6.54. The van der Waals surface area contributed by atoms with Gasteiger partial charge in [0.15, 0.2) is 5.82 Å². The van der Waals surface area contributed by atoms with Crippen LogP contribution in [0.4, 0.5) is 11.6 Å². The van der Waals surface area contributed by atoms with Gasteiger partial charge in [-0.25, -0.2) is 15.8 Å². The minimum atomic E-state index is 0.375. The number of aromatic nitrogens is 2. The second kappa shape index (κ2) is 9.48. The van der Waals surface area contributed by atoms with Crippen molar-refractivity contribution in [2.75, 3.05) is 37.1 Å². The van der Waals surface area contributed by atoms with Crippen molar-refractivity contribution in [2.45, 2.75) is 26.9 Å². The minimum Gasteiger partial charge on any atom is -0.382 e. The average molecular weight is 269 g/mol. The van der Waals surface area contributed by atoms with E-state index in [9.17, 15) is 0 Å². The molecule has 1 heterocycles. The number of hydrogen-bond acceptors (Lipinski definition) is 7. The van der Waals surface area contributed by atoms with Crippen molar-refractivity contribution in [2.24, 2.45) is 5.84 Å². The summed E-state index contributed by atoms with van der Waals surface area (Å²) in [6.45, 7) is 7.18. The molecule has 1 rings (SSSR count). The molecule has 7 heteroatoms. The summed E-state index contributed by atoms with van der Waals surface area (Å²) in [7, 11) is 0. The predicted molar refractivity (Wildman–Crippen MR) is 74.8 cm³/mol. The third-order valence-electron chi connectivity index (χ3n) is 2.33. The zero-order valence-corrected chi connectivity index (χ0v) is 11.6. The van der Waals surface area contributed by atoms with Crippen LogP contribution in [0.5, 0.6) is 0 Å². The van der Waals surface area contributed by atoms with Crippen molar-refractivity contribution >= 4 is 11.6 Å². The van der Waals surface area contributed by atoms with Crippen LogP contribution in [0.1, 0.15) is 26.1 Å². The number of hydrazine groups is 1. The van der Waals surface area contributed by atoms with Crippen molar-refractivity contribution in [3.63, 3.8) is 0 Å². The first-order chi connectivity index (χ1) is 9.30. The lowest BCUT2D eigenvalue weighted by Crippen LogP contribution is -2.13. The normalized spacial score (nSPS) is 10.5. The van der Waals surface area contributed by atoms with E-state index in [1.807, 2.05) is 13.8 Å². The SMILES string of the molecule is CCOCCCNc1cc(NN)nc(COCC)n1. The molecular weight excluding hydrogens is 246 g/mol. The monoisotopic (exact) mass is 269 g/mol. The van der Waals surface area contributed by atoms with Gasteiger partial charge in [0.05, 0.1) is 0 Å². The number of rotatable bonds is 10. The van der Waals surface area contributed by atoms with E-state index >= 15 is 0 Å². The number of nitrogens with two attached hydrogens (primary N) is 1. The van der Waals surface area contributed by atoms with Crippen molar-refractivity contribution in [1.29, 1.82) is 0 Å². The molecule has 0 saturated heterocycles. The van der Waals surface area contributed by atoms with Crippen LogP contribution >= 0.6 is 0 Å². The molecule has 0 aliphatic rings. The number of ether oxygens (including phenoxy) is 2. The number of anilines is 2. The van der Waals surface area contributed by atoms with Gasteiger partial charge in [0.1, 0.15) is 18.2 Å². The molecule has 0 unspecified atom stereocenters. The molecule has 0 radical (unpaired) electrons. The van der Waals surface area contributed by atoms with Crippen LogP contribution < -0.4 is 16.6 Å². The summed E-state index contributed by atoms with van der Waals surface area (Å²) in [6.07, 6.45) is 0.921. The highest BCUT2D eigenvalue weighted by atomic mass is 16.5.